The molecule has 1 N–H and O–H groups in total. The topological polar surface area (TPSA) is 115 Å². The summed E-state index contributed by atoms with van der Waals surface area (Å²) in [5, 5.41) is 12.3. The van der Waals surface area contributed by atoms with Gasteiger partial charge in [-0.25, -0.2) is 0 Å². The van der Waals surface area contributed by atoms with E-state index in [9.17, 15) is 18.5 Å². The first-order valence-corrected chi connectivity index (χ1v) is 13.8. The highest BCUT2D eigenvalue weighted by Crippen LogP contribution is 2.37. The first kappa shape index (κ1) is 28.0. The van der Waals surface area contributed by atoms with Gasteiger partial charge in [-0.05, 0) is 104 Å². The van der Waals surface area contributed by atoms with Crippen LogP contribution in [0, 0.1) is 21.8 Å². The Hall–Kier alpha value is -3.56. The number of anilines is 1. The van der Waals surface area contributed by atoms with Gasteiger partial charge in [0.15, 0.2) is 11.5 Å². The molecule has 192 valence electrons. The summed E-state index contributed by atoms with van der Waals surface area (Å²) in [4.78, 5) is 12.7. The van der Waals surface area contributed by atoms with Crippen LogP contribution in [0.2, 0.25) is 0 Å². The molecule has 0 heterocycles. The molecule has 0 unspecified atom stereocenters. The van der Waals surface area contributed by atoms with Crippen molar-refractivity contribution in [3.05, 3.63) is 80.9 Å². The van der Waals surface area contributed by atoms with E-state index in [-0.39, 0.29) is 28.6 Å². The standard InChI is InChI=1S/C27H25IN2O6S/c1-4-34-22-10-8-21(9-11-22)30-27(31)20(17-29)14-19-15-24(28)26(25(16-19)35-5-2)36-37(32,33)23-12-6-18(3)7-13-23/h6-16H,4-5H2,1-3H3,(H,30,31)/b20-14+. The molecule has 0 spiro atoms. The monoisotopic (exact) mass is 632 g/mol. The molecule has 0 saturated heterocycles. The molecule has 0 aliphatic heterocycles. The molecule has 10 heteroatoms. The third kappa shape index (κ3) is 7.47. The maximum absolute atomic E-state index is 12.9. The number of hydrogen-bond acceptors (Lipinski definition) is 7. The lowest BCUT2D eigenvalue weighted by atomic mass is 10.1. The maximum Gasteiger partial charge on any atom is 0.339 e. The van der Waals surface area contributed by atoms with Gasteiger partial charge in [0, 0.05) is 5.69 Å². The summed E-state index contributed by atoms with van der Waals surface area (Å²) in [5.74, 6) is 0.265. The minimum atomic E-state index is -4.11. The van der Waals surface area contributed by atoms with Gasteiger partial charge in [0.2, 0.25) is 0 Å². The van der Waals surface area contributed by atoms with Crippen molar-refractivity contribution in [1.29, 1.82) is 5.26 Å². The number of nitrogens with one attached hydrogen (secondary N) is 1. The van der Waals surface area contributed by atoms with Crippen LogP contribution in [0.1, 0.15) is 25.0 Å². The Morgan fingerprint density at radius 1 is 1.03 bits per heavy atom. The Balaban J connectivity index is 1.89. The number of carbonyl (C=O) groups is 1. The Morgan fingerprint density at radius 3 is 2.27 bits per heavy atom. The van der Waals surface area contributed by atoms with Crippen LogP contribution in [0.5, 0.6) is 17.2 Å². The van der Waals surface area contributed by atoms with Gasteiger partial charge in [0.25, 0.3) is 5.91 Å². The number of benzene rings is 3. The van der Waals surface area contributed by atoms with Gasteiger partial charge in [0.05, 0.1) is 16.8 Å². The quantitative estimate of drug-likeness (QED) is 0.132. The molecule has 1 amide bonds. The highest BCUT2D eigenvalue weighted by molar-refractivity contribution is 14.1. The predicted molar refractivity (Wildman–Crippen MR) is 149 cm³/mol. The molecule has 0 aromatic heterocycles. The molecule has 37 heavy (non-hydrogen) atoms. The van der Waals surface area contributed by atoms with E-state index in [1.807, 2.05) is 42.5 Å². The number of aryl methyl sites for hydroxylation is 1. The second-order valence-electron chi connectivity index (χ2n) is 7.69. The lowest BCUT2D eigenvalue weighted by Crippen LogP contribution is -2.13. The number of ether oxygens (including phenoxy) is 2. The van der Waals surface area contributed by atoms with Crippen LogP contribution in [-0.4, -0.2) is 27.5 Å². The van der Waals surface area contributed by atoms with Gasteiger partial charge in [0.1, 0.15) is 22.3 Å². The number of carbonyl (C=O) groups excluding carboxylic acids is 1. The average Bonchev–Trinajstić information content (AvgIpc) is 2.86. The van der Waals surface area contributed by atoms with Crippen molar-refractivity contribution in [2.45, 2.75) is 25.7 Å². The first-order chi connectivity index (χ1) is 17.7. The van der Waals surface area contributed by atoms with Crippen LogP contribution >= 0.6 is 22.6 Å². The largest absolute Gasteiger partial charge is 0.494 e. The second-order valence-corrected chi connectivity index (χ2v) is 10.4. The highest BCUT2D eigenvalue weighted by atomic mass is 127. The van der Waals surface area contributed by atoms with Crippen LogP contribution in [0.25, 0.3) is 6.08 Å². The molecule has 0 aliphatic rings. The number of rotatable bonds is 10. The van der Waals surface area contributed by atoms with Crippen LogP contribution in [0.15, 0.2) is 71.1 Å². The summed E-state index contributed by atoms with van der Waals surface area (Å²) in [6.07, 6.45) is 1.40. The summed E-state index contributed by atoms with van der Waals surface area (Å²) in [6, 6.07) is 18.1. The molecule has 8 nitrogen and oxygen atoms in total. The zero-order chi connectivity index (χ0) is 27.0. The van der Waals surface area contributed by atoms with Crippen molar-refractivity contribution in [3.8, 4) is 23.3 Å². The zero-order valence-corrected chi connectivity index (χ0v) is 23.4. The van der Waals surface area contributed by atoms with Crippen molar-refractivity contribution in [2.24, 2.45) is 0 Å². The van der Waals surface area contributed by atoms with Gasteiger partial charge < -0.3 is 19.0 Å². The fourth-order valence-corrected chi connectivity index (χ4v) is 5.03. The molecular weight excluding hydrogens is 607 g/mol. The Morgan fingerprint density at radius 2 is 1.68 bits per heavy atom. The van der Waals surface area contributed by atoms with Gasteiger partial charge in [-0.3, -0.25) is 4.79 Å². The molecule has 0 bridgehead atoms. The van der Waals surface area contributed by atoms with Gasteiger partial charge in [-0.15, -0.1) is 0 Å². The minimum absolute atomic E-state index is 0.0121. The Kier molecular flexibility index (Phi) is 9.54. The molecular formula is C27H25IN2O6S. The van der Waals surface area contributed by atoms with Crippen LogP contribution in [0.4, 0.5) is 5.69 Å². The van der Waals surface area contributed by atoms with E-state index in [4.69, 9.17) is 13.7 Å². The molecule has 0 atom stereocenters. The van der Waals surface area contributed by atoms with Gasteiger partial charge in [-0.1, -0.05) is 17.7 Å². The molecule has 0 saturated carbocycles. The number of hydrogen-bond donors (Lipinski definition) is 1. The Bertz CT molecular complexity index is 1440. The summed E-state index contributed by atoms with van der Waals surface area (Å²) in [5.41, 5.74) is 1.74. The second kappa shape index (κ2) is 12.6. The third-order valence-electron chi connectivity index (χ3n) is 4.93. The van der Waals surface area contributed by atoms with E-state index in [1.165, 1.54) is 24.3 Å². The minimum Gasteiger partial charge on any atom is -0.494 e. The predicted octanol–water partition coefficient (Wildman–Crippen LogP) is 5.71. The SMILES string of the molecule is CCOc1ccc(NC(=O)/C(C#N)=C/c2cc(I)c(OS(=O)(=O)c3ccc(C)cc3)c(OCC)c2)cc1. The number of nitriles is 1. The van der Waals surface area contributed by atoms with Gasteiger partial charge in [-0.2, -0.15) is 13.7 Å². The van der Waals surface area contributed by atoms with E-state index in [1.54, 1.807) is 49.4 Å². The molecule has 3 rings (SSSR count). The van der Waals surface area contributed by atoms with E-state index in [0.717, 1.165) is 5.56 Å². The van der Waals surface area contributed by atoms with Crippen molar-refractivity contribution >= 4 is 50.4 Å². The van der Waals surface area contributed by atoms with E-state index in [2.05, 4.69) is 5.32 Å². The highest BCUT2D eigenvalue weighted by Gasteiger charge is 2.22. The van der Waals surface area contributed by atoms with Crippen LogP contribution in [0.3, 0.4) is 0 Å². The molecule has 0 aliphatic carbocycles. The smallest absolute Gasteiger partial charge is 0.339 e. The van der Waals surface area contributed by atoms with E-state index in [0.29, 0.717) is 27.2 Å². The third-order valence-corrected chi connectivity index (χ3v) is 6.97. The van der Waals surface area contributed by atoms with Crippen molar-refractivity contribution in [1.82, 2.24) is 0 Å². The van der Waals surface area contributed by atoms with E-state index < -0.39 is 16.0 Å². The normalized spacial score (nSPS) is 11.4. The number of nitrogens with zero attached hydrogens (tertiary/aromatic N) is 1. The van der Waals surface area contributed by atoms with Gasteiger partial charge >= 0.3 is 10.1 Å². The Labute approximate surface area is 230 Å². The van der Waals surface area contributed by atoms with E-state index >= 15 is 0 Å². The lowest BCUT2D eigenvalue weighted by molar-refractivity contribution is -0.112. The average molecular weight is 632 g/mol. The summed E-state index contributed by atoms with van der Waals surface area (Å²) >= 11 is 1.93. The maximum atomic E-state index is 12.9. The summed E-state index contributed by atoms with van der Waals surface area (Å²) in [7, 11) is -4.11. The first-order valence-electron chi connectivity index (χ1n) is 11.3. The number of halogens is 1. The van der Waals surface area contributed by atoms with Crippen LogP contribution in [-0.2, 0) is 14.9 Å². The van der Waals surface area contributed by atoms with Crippen molar-refractivity contribution in [3.63, 3.8) is 0 Å². The molecule has 0 fully saturated rings. The van der Waals surface area contributed by atoms with Crippen molar-refractivity contribution < 1.29 is 26.9 Å². The fourth-order valence-electron chi connectivity index (χ4n) is 3.19. The molecule has 3 aromatic carbocycles. The molecule has 0 radical (unpaired) electrons. The zero-order valence-electron chi connectivity index (χ0n) is 20.4. The van der Waals surface area contributed by atoms with Crippen LogP contribution < -0.4 is 19.0 Å². The van der Waals surface area contributed by atoms with Crippen molar-refractivity contribution in [2.75, 3.05) is 18.5 Å². The molecule has 3 aromatic rings. The number of amides is 1. The summed E-state index contributed by atoms with van der Waals surface area (Å²) < 4.78 is 42.6. The summed E-state index contributed by atoms with van der Waals surface area (Å²) in [6.45, 7) is 6.25. The fraction of sp³-hybridized carbons (Fsp3) is 0.185. The lowest BCUT2D eigenvalue weighted by Gasteiger charge is -2.15.